The zero-order valence-electron chi connectivity index (χ0n) is 10.7. The Morgan fingerprint density at radius 3 is 2.90 bits per heavy atom. The van der Waals surface area contributed by atoms with Crippen molar-refractivity contribution in [3.63, 3.8) is 0 Å². The zero-order valence-corrected chi connectivity index (χ0v) is 10.7. The molecule has 0 N–H and O–H groups in total. The van der Waals surface area contributed by atoms with Gasteiger partial charge >= 0.3 is 0 Å². The Balaban J connectivity index is 1.79. The van der Waals surface area contributed by atoms with Gasteiger partial charge in [0.25, 0.3) is 0 Å². The van der Waals surface area contributed by atoms with E-state index >= 15 is 0 Å². The molecule has 0 aliphatic carbocycles. The van der Waals surface area contributed by atoms with Crippen molar-refractivity contribution in [3.05, 3.63) is 60.1 Å². The summed E-state index contributed by atoms with van der Waals surface area (Å²) in [5.74, 6) is 0.740. The molecule has 0 saturated heterocycles. The van der Waals surface area contributed by atoms with Crippen molar-refractivity contribution in [2.45, 2.75) is 6.42 Å². The fraction of sp³-hybridized carbons (Fsp3) is 0.125. The molecule has 2 aromatic heterocycles. The number of fused-ring (bicyclic) bond motifs is 1. The van der Waals surface area contributed by atoms with Crippen LogP contribution in [0.3, 0.4) is 0 Å². The van der Waals surface area contributed by atoms with E-state index in [1.807, 2.05) is 48.7 Å². The molecule has 0 fully saturated rings. The number of ether oxygens (including phenoxy) is 1. The molecule has 2 heterocycles. The van der Waals surface area contributed by atoms with Crippen LogP contribution in [0.15, 0.2) is 53.2 Å². The largest absolute Gasteiger partial charge is 0.488 e. The first-order valence-electron chi connectivity index (χ1n) is 6.32. The number of nitrogens with zero attached hydrogens (tertiary/aromatic N) is 2. The first-order valence-corrected chi connectivity index (χ1v) is 6.32. The molecule has 0 radical (unpaired) electrons. The quantitative estimate of drug-likeness (QED) is 0.725. The lowest BCUT2D eigenvalue weighted by Crippen LogP contribution is -2.02. The molecule has 0 saturated carbocycles. The first-order chi connectivity index (χ1) is 9.88. The summed E-state index contributed by atoms with van der Waals surface area (Å²) >= 11 is 0. The fourth-order valence-corrected chi connectivity index (χ4v) is 2.06. The molecule has 0 bridgehead atoms. The lowest BCUT2D eigenvalue weighted by molar-refractivity contribution is 0.319. The van der Waals surface area contributed by atoms with E-state index in [0.717, 1.165) is 17.4 Å². The van der Waals surface area contributed by atoms with Crippen molar-refractivity contribution < 1.29 is 9.15 Å². The Morgan fingerprint density at radius 2 is 2.10 bits per heavy atom. The molecule has 0 atom stereocenters. The van der Waals surface area contributed by atoms with Crippen LogP contribution in [0.1, 0.15) is 11.3 Å². The highest BCUT2D eigenvalue weighted by Gasteiger charge is 2.14. The molecular formula is C16H12N2O2. The van der Waals surface area contributed by atoms with Gasteiger partial charge in [0.05, 0.1) is 12.0 Å². The van der Waals surface area contributed by atoms with Crippen molar-refractivity contribution in [2.75, 3.05) is 6.61 Å². The smallest absolute Gasteiger partial charge is 0.246 e. The second-order valence-corrected chi connectivity index (χ2v) is 4.33. The predicted octanol–water partition coefficient (Wildman–Crippen LogP) is 3.32. The van der Waals surface area contributed by atoms with E-state index in [1.54, 1.807) is 6.20 Å². The molecule has 4 heteroatoms. The van der Waals surface area contributed by atoms with Gasteiger partial charge in [0.1, 0.15) is 11.7 Å². The normalized spacial score (nSPS) is 10.3. The summed E-state index contributed by atoms with van der Waals surface area (Å²) in [6.45, 7) is 0.476. The average molecular weight is 264 g/mol. The van der Waals surface area contributed by atoms with E-state index < -0.39 is 0 Å². The zero-order chi connectivity index (χ0) is 13.8. The summed E-state index contributed by atoms with van der Waals surface area (Å²) in [6.07, 6.45) is 4.28. The van der Waals surface area contributed by atoms with Gasteiger partial charge in [0.2, 0.25) is 5.76 Å². The maximum Gasteiger partial charge on any atom is 0.246 e. The molecule has 0 unspecified atom stereocenters. The summed E-state index contributed by atoms with van der Waals surface area (Å²) in [6, 6.07) is 13.4. The molecule has 4 nitrogen and oxygen atoms in total. The second kappa shape index (κ2) is 5.45. The van der Waals surface area contributed by atoms with E-state index in [0.29, 0.717) is 17.9 Å². The highest BCUT2D eigenvalue weighted by molar-refractivity contribution is 5.86. The van der Waals surface area contributed by atoms with Crippen molar-refractivity contribution >= 4 is 11.0 Å². The van der Waals surface area contributed by atoms with Gasteiger partial charge in [-0.3, -0.25) is 4.98 Å². The van der Waals surface area contributed by atoms with Crippen LogP contribution in [-0.4, -0.2) is 11.6 Å². The van der Waals surface area contributed by atoms with Gasteiger partial charge in [0.15, 0.2) is 5.75 Å². The highest BCUT2D eigenvalue weighted by atomic mass is 16.5. The Labute approximate surface area is 116 Å². The molecule has 0 aliphatic rings. The molecule has 1 aromatic carbocycles. The summed E-state index contributed by atoms with van der Waals surface area (Å²) in [7, 11) is 0. The van der Waals surface area contributed by atoms with Crippen LogP contribution in [0.5, 0.6) is 5.75 Å². The van der Waals surface area contributed by atoms with Crippen molar-refractivity contribution in [1.29, 1.82) is 5.26 Å². The number of hydrogen-bond acceptors (Lipinski definition) is 4. The molecule has 20 heavy (non-hydrogen) atoms. The third-order valence-electron chi connectivity index (χ3n) is 3.01. The van der Waals surface area contributed by atoms with Crippen LogP contribution < -0.4 is 4.74 Å². The van der Waals surface area contributed by atoms with Gasteiger partial charge in [-0.15, -0.1) is 0 Å². The van der Waals surface area contributed by atoms with Crippen molar-refractivity contribution in [2.24, 2.45) is 0 Å². The SMILES string of the molecule is N#Cc1oc2ccccc2c1OCCc1cccnc1. The minimum absolute atomic E-state index is 0.220. The Morgan fingerprint density at radius 1 is 1.20 bits per heavy atom. The Kier molecular flexibility index (Phi) is 3.34. The third-order valence-corrected chi connectivity index (χ3v) is 3.01. The van der Waals surface area contributed by atoms with Crippen LogP contribution in [-0.2, 0) is 6.42 Å². The maximum atomic E-state index is 9.10. The van der Waals surface area contributed by atoms with E-state index in [4.69, 9.17) is 14.4 Å². The van der Waals surface area contributed by atoms with Gasteiger partial charge in [-0.25, -0.2) is 0 Å². The van der Waals surface area contributed by atoms with Crippen molar-refractivity contribution in [3.8, 4) is 11.8 Å². The van der Waals surface area contributed by atoms with Gasteiger partial charge in [-0.1, -0.05) is 18.2 Å². The minimum atomic E-state index is 0.220. The Bertz CT molecular complexity index is 757. The molecule has 3 rings (SSSR count). The van der Waals surface area contributed by atoms with Gasteiger partial charge in [-0.05, 0) is 23.8 Å². The lowest BCUT2D eigenvalue weighted by atomic mass is 10.2. The summed E-state index contributed by atoms with van der Waals surface area (Å²) in [5, 5.41) is 9.93. The van der Waals surface area contributed by atoms with E-state index in [-0.39, 0.29) is 5.76 Å². The lowest BCUT2D eigenvalue weighted by Gasteiger charge is -2.04. The standard InChI is InChI=1S/C16H12N2O2/c17-10-15-16(13-5-1-2-6-14(13)20-15)19-9-7-12-4-3-8-18-11-12/h1-6,8,11H,7,9H2. The van der Waals surface area contributed by atoms with Gasteiger partial charge < -0.3 is 9.15 Å². The monoisotopic (exact) mass is 264 g/mol. The van der Waals surface area contributed by atoms with Crippen LogP contribution in [0.2, 0.25) is 0 Å². The summed E-state index contributed by atoms with van der Waals surface area (Å²) < 4.78 is 11.2. The third kappa shape index (κ3) is 2.34. The second-order valence-electron chi connectivity index (χ2n) is 4.33. The number of benzene rings is 1. The number of pyridine rings is 1. The molecule has 98 valence electrons. The van der Waals surface area contributed by atoms with E-state index in [1.165, 1.54) is 0 Å². The number of nitriles is 1. The fourth-order valence-electron chi connectivity index (χ4n) is 2.06. The number of rotatable bonds is 4. The van der Waals surface area contributed by atoms with Crippen LogP contribution in [0.25, 0.3) is 11.0 Å². The van der Waals surface area contributed by atoms with Crippen LogP contribution in [0.4, 0.5) is 0 Å². The molecule has 0 amide bonds. The first kappa shape index (κ1) is 12.2. The van der Waals surface area contributed by atoms with E-state index in [2.05, 4.69) is 4.98 Å². The maximum absolute atomic E-state index is 9.10. The van der Waals surface area contributed by atoms with Crippen LogP contribution in [0, 0.1) is 11.3 Å². The van der Waals surface area contributed by atoms with Gasteiger partial charge in [-0.2, -0.15) is 5.26 Å². The summed E-state index contributed by atoms with van der Waals surface area (Å²) in [5.41, 5.74) is 1.76. The minimum Gasteiger partial charge on any atom is -0.488 e. The molecular weight excluding hydrogens is 252 g/mol. The van der Waals surface area contributed by atoms with E-state index in [9.17, 15) is 0 Å². The number of para-hydroxylation sites is 1. The number of aromatic nitrogens is 1. The highest BCUT2D eigenvalue weighted by Crippen LogP contribution is 2.32. The average Bonchev–Trinajstić information content (AvgIpc) is 2.87. The number of furan rings is 1. The Hall–Kier alpha value is -2.80. The molecule has 3 aromatic rings. The molecule has 0 spiro atoms. The van der Waals surface area contributed by atoms with Crippen LogP contribution >= 0.6 is 0 Å². The number of hydrogen-bond donors (Lipinski definition) is 0. The topological polar surface area (TPSA) is 59.0 Å². The predicted molar refractivity (Wildman–Crippen MR) is 74.4 cm³/mol. The summed E-state index contributed by atoms with van der Waals surface area (Å²) in [4.78, 5) is 4.06. The molecule has 0 aliphatic heterocycles. The van der Waals surface area contributed by atoms with Gasteiger partial charge in [0, 0.05) is 18.8 Å². The van der Waals surface area contributed by atoms with Crippen molar-refractivity contribution in [1.82, 2.24) is 4.98 Å².